The van der Waals surface area contributed by atoms with Crippen LogP contribution in [-0.2, 0) is 18.3 Å². The molecule has 0 amide bonds. The van der Waals surface area contributed by atoms with Gasteiger partial charge < -0.3 is 14.8 Å². The number of fused-ring (bicyclic) bond motifs is 2. The lowest BCUT2D eigenvalue weighted by Gasteiger charge is -2.26. The van der Waals surface area contributed by atoms with Crippen molar-refractivity contribution in [3.05, 3.63) is 93.0 Å². The normalized spacial score (nSPS) is 17.6. The molecule has 1 aliphatic carbocycles. The molecule has 0 bridgehead atoms. The van der Waals surface area contributed by atoms with Gasteiger partial charge in [0.25, 0.3) is 5.56 Å². The van der Waals surface area contributed by atoms with Crippen LogP contribution in [0.5, 0.6) is 5.88 Å². The zero-order chi connectivity index (χ0) is 32.7. The summed E-state index contributed by atoms with van der Waals surface area (Å²) in [6.45, 7) is 4.07. The van der Waals surface area contributed by atoms with Gasteiger partial charge >= 0.3 is 0 Å². The summed E-state index contributed by atoms with van der Waals surface area (Å²) in [6.07, 6.45) is 9.06. The molecule has 5 aromatic rings. The minimum Gasteiger partial charge on any atom is -0.481 e. The predicted molar refractivity (Wildman–Crippen MR) is 186 cm³/mol. The first-order valence-corrected chi connectivity index (χ1v) is 16.5. The second-order valence-electron chi connectivity index (χ2n) is 12.5. The molecule has 3 aromatic heterocycles. The molecule has 1 N–H and O–H groups in total. The van der Waals surface area contributed by atoms with Crippen molar-refractivity contribution < 1.29 is 9.53 Å². The minimum atomic E-state index is -0.217. The number of carbonyl (C=O) groups excluding carboxylic acids is 1. The summed E-state index contributed by atoms with van der Waals surface area (Å²) in [7, 11) is 3.32. The number of hydrogen-bond donors (Lipinski definition) is 1. The summed E-state index contributed by atoms with van der Waals surface area (Å²) in [5.41, 5.74) is 7.48. The van der Waals surface area contributed by atoms with Crippen molar-refractivity contribution in [2.24, 2.45) is 13.0 Å². The van der Waals surface area contributed by atoms with E-state index in [1.165, 1.54) is 15.8 Å². The van der Waals surface area contributed by atoms with Gasteiger partial charge in [0.1, 0.15) is 12.1 Å². The van der Waals surface area contributed by atoms with Gasteiger partial charge in [-0.2, -0.15) is 5.10 Å². The summed E-state index contributed by atoms with van der Waals surface area (Å²) < 4.78 is 7.24. The topological polar surface area (TPSA) is 102 Å². The van der Waals surface area contributed by atoms with Crippen LogP contribution < -0.4 is 15.6 Å². The lowest BCUT2D eigenvalue weighted by atomic mass is 9.96. The summed E-state index contributed by atoms with van der Waals surface area (Å²) >= 11 is 7.22. The third kappa shape index (κ3) is 5.68. The molecule has 9 nitrogen and oxygen atoms in total. The number of hydrogen-bond acceptors (Lipinski definition) is 8. The van der Waals surface area contributed by atoms with E-state index < -0.39 is 0 Å². The highest BCUT2D eigenvalue weighted by molar-refractivity contribution is 6.36. The first kappa shape index (κ1) is 31.0. The van der Waals surface area contributed by atoms with Crippen LogP contribution >= 0.6 is 11.6 Å². The van der Waals surface area contributed by atoms with Crippen LogP contribution in [0.1, 0.15) is 48.4 Å². The maximum atomic E-state index is 13.0. The van der Waals surface area contributed by atoms with Gasteiger partial charge in [0.05, 0.1) is 29.4 Å². The summed E-state index contributed by atoms with van der Waals surface area (Å²) in [5.74, 6) is 1.70. The lowest BCUT2D eigenvalue weighted by Crippen LogP contribution is -2.25. The van der Waals surface area contributed by atoms with Crippen molar-refractivity contribution in [3.63, 3.8) is 0 Å². The predicted octanol–water partition coefficient (Wildman–Crippen LogP) is 7.06. The van der Waals surface area contributed by atoms with Crippen molar-refractivity contribution in [2.75, 3.05) is 25.5 Å². The van der Waals surface area contributed by atoms with Crippen molar-refractivity contribution in [1.82, 2.24) is 24.6 Å². The van der Waals surface area contributed by atoms with Gasteiger partial charge in [0.15, 0.2) is 0 Å². The Morgan fingerprint density at radius 2 is 1.91 bits per heavy atom. The average molecular weight is 649 g/mol. The van der Waals surface area contributed by atoms with E-state index in [0.717, 1.165) is 84.1 Å². The molecular weight excluding hydrogens is 612 g/mol. The number of benzene rings is 2. The second-order valence-corrected chi connectivity index (χ2v) is 12.9. The van der Waals surface area contributed by atoms with Gasteiger partial charge in [-0.05, 0) is 80.0 Å². The smallest absolute Gasteiger partial charge is 0.278 e. The molecule has 1 fully saturated rings. The van der Waals surface area contributed by atoms with E-state index in [0.29, 0.717) is 34.4 Å². The monoisotopic (exact) mass is 648 g/mol. The molecular formula is C37H37ClN6O3. The molecule has 47 heavy (non-hydrogen) atoms. The third-order valence-corrected chi connectivity index (χ3v) is 10.2. The Morgan fingerprint density at radius 3 is 2.74 bits per heavy atom. The standard InChI is InChI=1S/C37H37ClN6O3/c1-22-26(8-5-11-29(22)41-35-33-25(14-16-39-35)20-40-43(2)37(33)46)27-9-4-10-28(34(27)38)30-19-24-12-13-31(32(24)36(42-30)47-3)44-17-15-23(21-44)7-6-18-45/h4-5,8-11,14,16,18-20,23,31H,6-7,12-13,15,17,21H2,1-3H3,(H,39,41)/t23?,31-/m0/s1. The molecule has 240 valence electrons. The number of aldehydes is 1. The largest absolute Gasteiger partial charge is 0.481 e. The number of nitrogens with zero attached hydrogens (tertiary/aromatic N) is 5. The van der Waals surface area contributed by atoms with E-state index in [9.17, 15) is 9.59 Å². The van der Waals surface area contributed by atoms with Crippen molar-refractivity contribution in [3.8, 4) is 28.3 Å². The maximum Gasteiger partial charge on any atom is 0.278 e. The lowest BCUT2D eigenvalue weighted by molar-refractivity contribution is -0.108. The number of halogens is 1. The molecule has 2 atom stereocenters. The van der Waals surface area contributed by atoms with E-state index in [1.54, 1.807) is 32.6 Å². The molecule has 0 radical (unpaired) electrons. The zero-order valence-electron chi connectivity index (χ0n) is 26.8. The third-order valence-electron chi connectivity index (χ3n) is 9.79. The minimum absolute atomic E-state index is 0.217. The van der Waals surface area contributed by atoms with E-state index in [2.05, 4.69) is 26.4 Å². The summed E-state index contributed by atoms with van der Waals surface area (Å²) in [6, 6.07) is 16.2. The molecule has 2 aromatic carbocycles. The molecule has 4 heterocycles. The molecule has 1 aliphatic heterocycles. The first-order valence-electron chi connectivity index (χ1n) is 16.1. The zero-order valence-corrected chi connectivity index (χ0v) is 27.6. The highest BCUT2D eigenvalue weighted by atomic mass is 35.5. The number of anilines is 2. The van der Waals surface area contributed by atoms with Gasteiger partial charge in [-0.25, -0.2) is 14.6 Å². The average Bonchev–Trinajstić information content (AvgIpc) is 3.73. The van der Waals surface area contributed by atoms with E-state index in [1.807, 2.05) is 43.3 Å². The van der Waals surface area contributed by atoms with Crippen LogP contribution in [0.25, 0.3) is 33.2 Å². The Labute approximate surface area is 278 Å². The number of likely N-dealkylation sites (tertiary alicyclic amines) is 1. The SMILES string of the molecule is COc1nc(-c2cccc(-c3cccc(Nc4nccc5cnn(C)c(=O)c45)c3C)c2Cl)cc2c1[C@@H](N1CCC(CCC=O)C1)CC2. The fourth-order valence-electron chi connectivity index (χ4n) is 7.32. The number of methoxy groups -OCH3 is 1. The number of aryl methyl sites for hydroxylation is 2. The van der Waals surface area contributed by atoms with Crippen LogP contribution in [0, 0.1) is 12.8 Å². The van der Waals surface area contributed by atoms with Crippen LogP contribution in [0.2, 0.25) is 5.02 Å². The molecule has 1 saturated heterocycles. The Balaban J connectivity index is 1.21. The number of ether oxygens (including phenoxy) is 1. The van der Waals surface area contributed by atoms with Gasteiger partial charge in [-0.1, -0.05) is 41.9 Å². The molecule has 1 unspecified atom stereocenters. The summed E-state index contributed by atoms with van der Waals surface area (Å²) in [4.78, 5) is 35.9. The van der Waals surface area contributed by atoms with Crippen molar-refractivity contribution >= 4 is 40.2 Å². The van der Waals surface area contributed by atoms with Crippen LogP contribution in [-0.4, -0.2) is 51.1 Å². The highest BCUT2D eigenvalue weighted by Crippen LogP contribution is 2.46. The van der Waals surface area contributed by atoms with E-state index >= 15 is 0 Å². The Kier molecular flexibility index (Phi) is 8.51. The Hall–Kier alpha value is -4.60. The van der Waals surface area contributed by atoms with E-state index in [-0.39, 0.29) is 11.6 Å². The summed E-state index contributed by atoms with van der Waals surface area (Å²) in [5, 5.41) is 9.35. The molecule has 2 aliphatic rings. The number of pyridine rings is 2. The van der Waals surface area contributed by atoms with E-state index in [4.69, 9.17) is 21.3 Å². The Bertz CT molecular complexity index is 2060. The van der Waals surface area contributed by atoms with Gasteiger partial charge in [-0.3, -0.25) is 9.69 Å². The highest BCUT2D eigenvalue weighted by Gasteiger charge is 2.36. The Morgan fingerprint density at radius 1 is 1.11 bits per heavy atom. The number of rotatable bonds is 9. The van der Waals surface area contributed by atoms with Crippen LogP contribution in [0.3, 0.4) is 0 Å². The maximum absolute atomic E-state index is 13.0. The number of carbonyl (C=O) groups is 1. The van der Waals surface area contributed by atoms with Gasteiger partial charge in [-0.15, -0.1) is 0 Å². The number of nitrogens with one attached hydrogen (secondary N) is 1. The van der Waals surface area contributed by atoms with Crippen LogP contribution in [0.4, 0.5) is 11.5 Å². The van der Waals surface area contributed by atoms with Crippen molar-refractivity contribution in [2.45, 2.75) is 45.1 Å². The second kappa shape index (κ2) is 12.9. The molecule has 10 heteroatoms. The van der Waals surface area contributed by atoms with Gasteiger partial charge in [0.2, 0.25) is 5.88 Å². The quantitative estimate of drug-likeness (QED) is 0.170. The van der Waals surface area contributed by atoms with Crippen molar-refractivity contribution in [1.29, 1.82) is 0 Å². The van der Waals surface area contributed by atoms with Gasteiger partial charge in [0, 0.05) is 60.0 Å². The first-order chi connectivity index (χ1) is 22.9. The fraction of sp³-hybridized carbons (Fsp3) is 0.324. The molecule has 0 saturated carbocycles. The molecule has 0 spiro atoms. The molecule has 7 rings (SSSR count). The number of aromatic nitrogens is 4. The fourth-order valence-corrected chi connectivity index (χ4v) is 7.65. The van der Waals surface area contributed by atoms with Crippen LogP contribution in [0.15, 0.2) is 65.7 Å².